The molecular weight excluding hydrogens is 558 g/mol. The van der Waals surface area contributed by atoms with E-state index in [0.29, 0.717) is 41.0 Å². The molecule has 0 radical (unpaired) electrons. The lowest BCUT2D eigenvalue weighted by Crippen LogP contribution is -2.37. The number of ether oxygens (including phenoxy) is 2. The highest BCUT2D eigenvalue weighted by Crippen LogP contribution is 2.30. The van der Waals surface area contributed by atoms with Crippen LogP contribution in [-0.4, -0.2) is 60.1 Å². The normalized spacial score (nSPS) is 12.8. The molecule has 1 aliphatic rings. The van der Waals surface area contributed by atoms with E-state index in [1.165, 1.54) is 18.2 Å². The molecule has 0 aliphatic carbocycles. The maximum atomic E-state index is 12.5. The number of carbonyl (C=O) groups is 2. The molecule has 1 aromatic carbocycles. The van der Waals surface area contributed by atoms with Crippen LogP contribution in [0.2, 0.25) is 0 Å². The number of nitrogens with one attached hydrogen (secondary N) is 2. The largest absolute Gasteiger partial charge is 0.462 e. The zero-order chi connectivity index (χ0) is 28.9. The Balaban J connectivity index is 1.61. The Morgan fingerprint density at radius 2 is 1.95 bits per heavy atom. The molecule has 0 unspecified atom stereocenters. The number of primary sulfonamides is 1. The molecule has 1 amide bonds. The Kier molecular flexibility index (Phi) is 8.96. The van der Waals surface area contributed by atoms with Crippen LogP contribution in [0, 0.1) is 6.92 Å². The summed E-state index contributed by atoms with van der Waals surface area (Å²) in [5.41, 5.74) is 2.76. The molecule has 40 heavy (non-hydrogen) atoms. The van der Waals surface area contributed by atoms with Gasteiger partial charge in [-0.05, 0) is 31.5 Å². The van der Waals surface area contributed by atoms with Gasteiger partial charge in [0, 0.05) is 25.1 Å². The first-order valence-corrected chi connectivity index (χ1v) is 14.6. The number of sulfonamides is 1. The van der Waals surface area contributed by atoms with Crippen molar-refractivity contribution in [1.29, 1.82) is 0 Å². The van der Waals surface area contributed by atoms with Crippen molar-refractivity contribution < 1.29 is 27.5 Å². The van der Waals surface area contributed by atoms with E-state index < -0.39 is 22.1 Å². The van der Waals surface area contributed by atoms with Crippen molar-refractivity contribution in [1.82, 2.24) is 19.9 Å². The molecule has 15 heteroatoms. The highest BCUT2D eigenvalue weighted by Gasteiger charge is 2.27. The quantitative estimate of drug-likeness (QED) is 0.234. The number of benzene rings is 1. The van der Waals surface area contributed by atoms with Crippen molar-refractivity contribution >= 4 is 50.3 Å². The molecule has 212 valence electrons. The highest BCUT2D eigenvalue weighted by atomic mass is 32.2. The number of aryl methyl sites for hydroxylation is 1. The first-order chi connectivity index (χ1) is 19.1. The molecule has 3 heterocycles. The van der Waals surface area contributed by atoms with E-state index in [9.17, 15) is 18.0 Å². The van der Waals surface area contributed by atoms with Gasteiger partial charge in [0.1, 0.15) is 17.3 Å². The van der Waals surface area contributed by atoms with Gasteiger partial charge in [-0.2, -0.15) is 4.98 Å². The number of hydrogen-bond donors (Lipinski definition) is 3. The fourth-order valence-electron chi connectivity index (χ4n) is 3.91. The predicted octanol–water partition coefficient (Wildman–Crippen LogP) is 3.10. The Morgan fingerprint density at radius 3 is 2.62 bits per heavy atom. The molecule has 2 aromatic heterocycles. The molecule has 4 N–H and O–H groups in total. The van der Waals surface area contributed by atoms with Gasteiger partial charge >= 0.3 is 12.1 Å². The van der Waals surface area contributed by atoms with Crippen LogP contribution in [0.5, 0.6) is 0 Å². The Labute approximate surface area is 235 Å². The topological polar surface area (TPSA) is 179 Å². The lowest BCUT2D eigenvalue weighted by atomic mass is 10.1. The number of rotatable bonds is 10. The van der Waals surface area contributed by atoms with Gasteiger partial charge in [0.2, 0.25) is 16.0 Å². The van der Waals surface area contributed by atoms with E-state index in [-0.39, 0.29) is 30.6 Å². The van der Waals surface area contributed by atoms with Crippen LogP contribution in [0.15, 0.2) is 41.8 Å². The fraction of sp³-hybridized carbons (Fsp3) is 0.320. The van der Waals surface area contributed by atoms with Gasteiger partial charge in [0.05, 0.1) is 29.4 Å². The van der Waals surface area contributed by atoms with Crippen molar-refractivity contribution in [3.05, 3.63) is 64.3 Å². The van der Waals surface area contributed by atoms with Crippen LogP contribution >= 0.6 is 11.3 Å². The maximum absolute atomic E-state index is 12.5. The molecule has 0 atom stereocenters. The fourth-order valence-corrected chi connectivity index (χ4v) is 5.28. The van der Waals surface area contributed by atoms with Crippen molar-refractivity contribution in [3.8, 4) is 0 Å². The first-order valence-electron chi connectivity index (χ1n) is 12.3. The van der Waals surface area contributed by atoms with Gasteiger partial charge in [0.25, 0.3) is 0 Å². The number of fused-ring (bicyclic) bond motifs is 1. The summed E-state index contributed by atoms with van der Waals surface area (Å²) in [6.07, 6.45) is 1.49. The number of thiazole rings is 1. The average molecular weight is 588 g/mol. The van der Waals surface area contributed by atoms with Gasteiger partial charge < -0.3 is 19.7 Å². The Bertz CT molecular complexity index is 1520. The monoisotopic (exact) mass is 587 g/mol. The van der Waals surface area contributed by atoms with Gasteiger partial charge in [-0.15, -0.1) is 0 Å². The van der Waals surface area contributed by atoms with Gasteiger partial charge in [0.15, 0.2) is 5.13 Å². The average Bonchev–Trinajstić information content (AvgIpc) is 3.29. The second kappa shape index (κ2) is 12.4. The van der Waals surface area contributed by atoms with E-state index in [1.807, 2.05) is 0 Å². The van der Waals surface area contributed by atoms with Crippen LogP contribution in [0.3, 0.4) is 0 Å². The lowest BCUT2D eigenvalue weighted by Gasteiger charge is -2.29. The van der Waals surface area contributed by atoms with Crippen molar-refractivity contribution in [2.75, 3.05) is 30.4 Å². The van der Waals surface area contributed by atoms with E-state index in [2.05, 4.69) is 32.2 Å². The third-order valence-corrected chi connectivity index (χ3v) is 7.81. The number of nitrogens with two attached hydrogens (primary N) is 1. The lowest BCUT2D eigenvalue weighted by molar-refractivity contribution is 0.0531. The van der Waals surface area contributed by atoms with Gasteiger partial charge in [-0.3, -0.25) is 5.32 Å². The number of carbonyl (C=O) groups excluding carboxylic acids is 2. The molecule has 0 fully saturated rings. The van der Waals surface area contributed by atoms with Crippen molar-refractivity contribution in [2.24, 2.45) is 5.14 Å². The number of amides is 1. The molecule has 0 bridgehead atoms. The number of esters is 1. The minimum atomic E-state index is -3.80. The zero-order valence-corrected chi connectivity index (χ0v) is 23.6. The predicted molar refractivity (Wildman–Crippen MR) is 149 cm³/mol. The SMILES string of the molecule is C=CCOC(=O)N1CCc2nc(Nc3nc(C)c(C(=O)OCC)s3)nc(NCc3ccc(S(N)(=O)=O)cc3)c2C1. The summed E-state index contributed by atoms with van der Waals surface area (Å²) >= 11 is 1.14. The molecular formula is C25H29N7O6S2. The van der Waals surface area contributed by atoms with Crippen LogP contribution in [0.25, 0.3) is 0 Å². The number of hydrogen-bond acceptors (Lipinski definition) is 12. The van der Waals surface area contributed by atoms with E-state index in [1.54, 1.807) is 30.9 Å². The Morgan fingerprint density at radius 1 is 1.20 bits per heavy atom. The van der Waals surface area contributed by atoms with Crippen LogP contribution in [-0.2, 0) is 39.0 Å². The number of nitrogens with zero attached hydrogens (tertiary/aromatic N) is 4. The standard InChI is InChI=1S/C25H29N7O6S2/c1-4-12-38-25(34)32-11-10-19-18(14-32)21(27-13-16-6-8-17(9-7-16)40(26,35)36)30-23(29-19)31-24-28-15(3)20(39-24)22(33)37-5-2/h4,6-9H,1,5,10-14H2,2-3H3,(H2,26,35,36)(H2,27,28,29,30,31). The summed E-state index contributed by atoms with van der Waals surface area (Å²) < 4.78 is 33.4. The number of aromatic nitrogens is 3. The second-order valence-corrected chi connectivity index (χ2v) is 11.2. The van der Waals surface area contributed by atoms with Gasteiger partial charge in [-0.25, -0.2) is 33.1 Å². The summed E-state index contributed by atoms with van der Waals surface area (Å²) in [6.45, 7) is 8.30. The summed E-state index contributed by atoms with van der Waals surface area (Å²) in [6, 6.07) is 6.15. The first kappa shape index (κ1) is 28.9. The molecule has 4 rings (SSSR count). The number of anilines is 3. The van der Waals surface area contributed by atoms with Crippen molar-refractivity contribution in [3.63, 3.8) is 0 Å². The van der Waals surface area contributed by atoms with E-state index >= 15 is 0 Å². The van der Waals surface area contributed by atoms with Crippen molar-refractivity contribution in [2.45, 2.75) is 38.3 Å². The molecule has 0 saturated carbocycles. The molecule has 3 aromatic rings. The molecule has 0 saturated heterocycles. The van der Waals surface area contributed by atoms with Crippen LogP contribution < -0.4 is 15.8 Å². The zero-order valence-electron chi connectivity index (χ0n) is 22.0. The molecule has 1 aliphatic heterocycles. The van der Waals surface area contributed by atoms with E-state index in [4.69, 9.17) is 14.6 Å². The van der Waals surface area contributed by atoms with Crippen LogP contribution in [0.1, 0.15) is 39.1 Å². The molecule has 13 nitrogen and oxygen atoms in total. The second-order valence-electron chi connectivity index (χ2n) is 8.68. The van der Waals surface area contributed by atoms with E-state index in [0.717, 1.165) is 28.2 Å². The molecule has 0 spiro atoms. The van der Waals surface area contributed by atoms with Gasteiger partial charge in [-0.1, -0.05) is 36.1 Å². The van der Waals surface area contributed by atoms with Crippen LogP contribution in [0.4, 0.5) is 21.7 Å². The summed E-state index contributed by atoms with van der Waals surface area (Å²) in [5.74, 6) is 0.289. The maximum Gasteiger partial charge on any atom is 0.410 e. The minimum Gasteiger partial charge on any atom is -0.462 e. The highest BCUT2D eigenvalue weighted by molar-refractivity contribution is 7.89. The minimum absolute atomic E-state index is 0.0109. The smallest absolute Gasteiger partial charge is 0.410 e. The third kappa shape index (κ3) is 6.91. The summed E-state index contributed by atoms with van der Waals surface area (Å²) in [7, 11) is -3.80. The Hall–Kier alpha value is -4.08. The summed E-state index contributed by atoms with van der Waals surface area (Å²) in [4.78, 5) is 40.4. The summed E-state index contributed by atoms with van der Waals surface area (Å²) in [5, 5.41) is 12.0. The third-order valence-electron chi connectivity index (χ3n) is 5.83.